The molecule has 7 heteroatoms. The van der Waals surface area contributed by atoms with Crippen LogP contribution in [-0.4, -0.2) is 42.0 Å². The lowest BCUT2D eigenvalue weighted by Crippen LogP contribution is -2.51. The van der Waals surface area contributed by atoms with Gasteiger partial charge in [0.25, 0.3) is 0 Å². The maximum Gasteiger partial charge on any atom is 0.338 e. The van der Waals surface area contributed by atoms with Gasteiger partial charge in [-0.2, -0.15) is 0 Å². The molecule has 3 aliphatic rings. The van der Waals surface area contributed by atoms with Gasteiger partial charge in [-0.3, -0.25) is 9.69 Å². The van der Waals surface area contributed by atoms with Gasteiger partial charge in [0.15, 0.2) is 0 Å². The molecular formula is C19H21N3O4. The zero-order valence-electron chi connectivity index (χ0n) is 14.4. The highest BCUT2D eigenvalue weighted by Crippen LogP contribution is 2.34. The van der Waals surface area contributed by atoms with Gasteiger partial charge in [0.05, 0.1) is 17.3 Å². The van der Waals surface area contributed by atoms with Crippen molar-refractivity contribution < 1.29 is 19.1 Å². The van der Waals surface area contributed by atoms with E-state index in [2.05, 4.69) is 10.6 Å². The zero-order valence-corrected chi connectivity index (χ0v) is 14.4. The Morgan fingerprint density at radius 1 is 1.19 bits per heavy atom. The molecule has 0 bridgehead atoms. The number of benzene rings is 1. The number of carbonyl (C=O) groups excluding carboxylic acids is 3. The number of urea groups is 1. The van der Waals surface area contributed by atoms with Gasteiger partial charge in [-0.1, -0.05) is 43.2 Å². The number of carbonyl (C=O) groups is 3. The Balaban J connectivity index is 1.57. The van der Waals surface area contributed by atoms with Gasteiger partial charge in [-0.05, 0) is 18.4 Å². The summed E-state index contributed by atoms with van der Waals surface area (Å²) in [5.74, 6) is -0.661. The second-order valence-corrected chi connectivity index (χ2v) is 6.86. The summed E-state index contributed by atoms with van der Waals surface area (Å²) in [6, 6.07) is 8.51. The molecule has 0 radical (unpaired) electrons. The molecule has 2 N–H and O–H groups in total. The summed E-state index contributed by atoms with van der Waals surface area (Å²) in [6.07, 6.45) is 4.18. The third-order valence-electron chi connectivity index (χ3n) is 5.15. The van der Waals surface area contributed by atoms with Gasteiger partial charge in [0, 0.05) is 6.04 Å². The molecule has 0 spiro atoms. The monoisotopic (exact) mass is 355 g/mol. The summed E-state index contributed by atoms with van der Waals surface area (Å²) in [5.41, 5.74) is 1.70. The molecule has 0 saturated heterocycles. The van der Waals surface area contributed by atoms with Crippen LogP contribution in [0.25, 0.3) is 0 Å². The van der Waals surface area contributed by atoms with E-state index in [0.29, 0.717) is 11.3 Å². The van der Waals surface area contributed by atoms with E-state index in [9.17, 15) is 14.4 Å². The first kappa shape index (κ1) is 16.6. The number of ether oxygens (including phenoxy) is 1. The van der Waals surface area contributed by atoms with Crippen molar-refractivity contribution in [1.82, 2.24) is 15.5 Å². The first-order valence-corrected chi connectivity index (χ1v) is 8.96. The number of hydrogen-bond acceptors (Lipinski definition) is 4. The maximum atomic E-state index is 12.6. The van der Waals surface area contributed by atoms with E-state index in [1.807, 2.05) is 30.3 Å². The third kappa shape index (κ3) is 3.05. The van der Waals surface area contributed by atoms with Crippen LogP contribution in [0.2, 0.25) is 0 Å². The molecule has 1 aliphatic carbocycles. The molecule has 1 aromatic rings. The van der Waals surface area contributed by atoms with Crippen molar-refractivity contribution in [3.63, 3.8) is 0 Å². The fourth-order valence-corrected chi connectivity index (χ4v) is 3.86. The second kappa shape index (κ2) is 6.82. The molecule has 4 rings (SSSR count). The fraction of sp³-hybridized carbons (Fsp3) is 0.421. The average molecular weight is 355 g/mol. The van der Waals surface area contributed by atoms with Crippen LogP contribution in [0, 0.1) is 0 Å². The zero-order chi connectivity index (χ0) is 18.1. The van der Waals surface area contributed by atoms with E-state index in [4.69, 9.17) is 4.74 Å². The molecule has 136 valence electrons. The summed E-state index contributed by atoms with van der Waals surface area (Å²) < 4.78 is 5.17. The number of rotatable bonds is 4. The van der Waals surface area contributed by atoms with Crippen molar-refractivity contribution in [1.29, 1.82) is 0 Å². The number of hydrogen-bond donors (Lipinski definition) is 2. The smallest absolute Gasteiger partial charge is 0.338 e. The molecule has 1 saturated carbocycles. The second-order valence-electron chi connectivity index (χ2n) is 6.86. The Labute approximate surface area is 151 Å². The van der Waals surface area contributed by atoms with Crippen LogP contribution >= 0.6 is 0 Å². The summed E-state index contributed by atoms with van der Waals surface area (Å²) in [5, 5.41) is 5.80. The number of nitrogens with one attached hydrogen (secondary N) is 2. The normalized spacial score (nSPS) is 22.9. The largest absolute Gasteiger partial charge is 0.456 e. The summed E-state index contributed by atoms with van der Waals surface area (Å²) >= 11 is 0. The lowest BCUT2D eigenvalue weighted by atomic mass is 9.96. The van der Waals surface area contributed by atoms with E-state index in [-0.39, 0.29) is 25.1 Å². The van der Waals surface area contributed by atoms with Crippen LogP contribution < -0.4 is 10.6 Å². The lowest BCUT2D eigenvalue weighted by Gasteiger charge is -2.32. The molecule has 2 heterocycles. The number of nitrogens with zero attached hydrogens (tertiary/aromatic N) is 1. The van der Waals surface area contributed by atoms with Gasteiger partial charge in [-0.25, -0.2) is 9.59 Å². The molecule has 1 aromatic carbocycles. The predicted molar refractivity (Wildman–Crippen MR) is 92.8 cm³/mol. The Kier molecular flexibility index (Phi) is 4.36. The van der Waals surface area contributed by atoms with Crippen LogP contribution in [0.1, 0.15) is 37.3 Å². The van der Waals surface area contributed by atoms with E-state index in [1.54, 1.807) is 0 Å². The van der Waals surface area contributed by atoms with Crippen LogP contribution in [-0.2, 0) is 14.3 Å². The van der Waals surface area contributed by atoms with Crippen molar-refractivity contribution in [2.75, 3.05) is 13.2 Å². The SMILES string of the molecule is O=C(CN1C(=O)NC(c2ccccc2)C2=C1COC2=O)NC1CCCC1. The lowest BCUT2D eigenvalue weighted by molar-refractivity contribution is -0.136. The fourth-order valence-electron chi connectivity index (χ4n) is 3.86. The highest BCUT2D eigenvalue weighted by atomic mass is 16.5. The minimum Gasteiger partial charge on any atom is -0.456 e. The average Bonchev–Trinajstić information content (AvgIpc) is 3.28. The van der Waals surface area contributed by atoms with Gasteiger partial charge in [0.1, 0.15) is 13.2 Å². The first-order chi connectivity index (χ1) is 12.6. The minimum atomic E-state index is -0.553. The minimum absolute atomic E-state index is 0.0155. The van der Waals surface area contributed by atoms with Crippen LogP contribution in [0.15, 0.2) is 41.6 Å². The van der Waals surface area contributed by atoms with E-state index in [0.717, 1.165) is 31.2 Å². The topological polar surface area (TPSA) is 87.7 Å². The summed E-state index contributed by atoms with van der Waals surface area (Å²) in [7, 11) is 0. The van der Waals surface area contributed by atoms with Gasteiger partial charge < -0.3 is 15.4 Å². The number of esters is 1. The number of cyclic esters (lactones) is 1. The maximum absolute atomic E-state index is 12.6. The molecule has 0 aromatic heterocycles. The molecular weight excluding hydrogens is 334 g/mol. The third-order valence-corrected chi connectivity index (χ3v) is 5.15. The van der Waals surface area contributed by atoms with Crippen molar-refractivity contribution >= 4 is 17.9 Å². The molecule has 1 fully saturated rings. The molecule has 1 atom stereocenters. The Bertz CT molecular complexity index is 768. The predicted octanol–water partition coefficient (Wildman–Crippen LogP) is 1.62. The Hall–Kier alpha value is -2.83. The Morgan fingerprint density at radius 3 is 2.65 bits per heavy atom. The van der Waals surface area contributed by atoms with Gasteiger partial charge in [-0.15, -0.1) is 0 Å². The molecule has 3 amide bonds. The van der Waals surface area contributed by atoms with E-state index in [1.165, 1.54) is 4.90 Å². The highest BCUT2D eigenvalue weighted by Gasteiger charge is 2.42. The highest BCUT2D eigenvalue weighted by molar-refractivity contribution is 5.98. The van der Waals surface area contributed by atoms with E-state index >= 15 is 0 Å². The summed E-state index contributed by atoms with van der Waals surface area (Å²) in [6.45, 7) is -0.0963. The Morgan fingerprint density at radius 2 is 1.92 bits per heavy atom. The standard InChI is InChI=1S/C19H21N3O4/c23-15(20-13-8-4-5-9-13)10-22-14-11-26-18(24)16(14)17(21-19(22)25)12-6-2-1-3-7-12/h1-3,6-7,13,17H,4-5,8-11H2,(H,20,23)(H,21,25). The first-order valence-electron chi connectivity index (χ1n) is 8.96. The summed E-state index contributed by atoms with van der Waals surface area (Å²) in [4.78, 5) is 38.6. The van der Waals surface area contributed by atoms with Gasteiger partial charge >= 0.3 is 12.0 Å². The van der Waals surface area contributed by atoms with Crippen molar-refractivity contribution in [3.8, 4) is 0 Å². The van der Waals surface area contributed by atoms with Crippen molar-refractivity contribution in [2.45, 2.75) is 37.8 Å². The number of amides is 3. The van der Waals surface area contributed by atoms with Gasteiger partial charge in [0.2, 0.25) is 5.91 Å². The molecule has 26 heavy (non-hydrogen) atoms. The molecule has 2 aliphatic heterocycles. The van der Waals surface area contributed by atoms with Crippen molar-refractivity contribution in [3.05, 3.63) is 47.2 Å². The molecule has 1 unspecified atom stereocenters. The molecule has 7 nitrogen and oxygen atoms in total. The van der Waals surface area contributed by atoms with E-state index < -0.39 is 18.0 Å². The van der Waals surface area contributed by atoms with Crippen LogP contribution in [0.5, 0.6) is 0 Å². The van der Waals surface area contributed by atoms with Crippen LogP contribution in [0.4, 0.5) is 4.79 Å². The van der Waals surface area contributed by atoms with Crippen molar-refractivity contribution in [2.24, 2.45) is 0 Å². The van der Waals surface area contributed by atoms with Crippen LogP contribution in [0.3, 0.4) is 0 Å². The quantitative estimate of drug-likeness (QED) is 0.804.